The van der Waals surface area contributed by atoms with E-state index >= 15 is 0 Å². The van der Waals surface area contributed by atoms with E-state index < -0.39 is 15.6 Å². The third-order valence-corrected chi connectivity index (χ3v) is 6.47. The van der Waals surface area contributed by atoms with Gasteiger partial charge >= 0.3 is 0 Å². The van der Waals surface area contributed by atoms with E-state index in [1.807, 2.05) is 32.0 Å². The van der Waals surface area contributed by atoms with Gasteiger partial charge in [-0.3, -0.25) is 4.79 Å². The number of hydrogen-bond acceptors (Lipinski definition) is 4. The summed E-state index contributed by atoms with van der Waals surface area (Å²) in [5, 5.41) is 3.51. The molecular formula is C22H29ClN2O4S. The molecular weight excluding hydrogens is 424 g/mol. The van der Waals surface area contributed by atoms with Gasteiger partial charge in [0.2, 0.25) is 10.0 Å². The van der Waals surface area contributed by atoms with E-state index in [0.29, 0.717) is 11.6 Å². The minimum Gasteiger partial charge on any atom is -0.495 e. The highest BCUT2D eigenvalue weighted by atomic mass is 35.5. The van der Waals surface area contributed by atoms with E-state index in [1.54, 1.807) is 26.8 Å². The summed E-state index contributed by atoms with van der Waals surface area (Å²) in [5.74, 6) is -0.206. The Kier molecular flexibility index (Phi) is 7.22. The summed E-state index contributed by atoms with van der Waals surface area (Å²) in [6.45, 7) is 9.56. The van der Waals surface area contributed by atoms with Gasteiger partial charge in [-0.15, -0.1) is 0 Å². The molecule has 1 amide bonds. The first-order chi connectivity index (χ1) is 13.7. The standard InChI is InChI=1S/C22H29ClN2O4S/c1-21(2,3)25-30(27,28)19-12-15(10-11-18(19)29-6)20(26)24-14-22(4,5)16-8-7-9-17(23)13-16/h7-13,25H,14H2,1-6H3,(H,24,26). The number of carbonyl (C=O) groups excluding carboxylic acids is 1. The van der Waals surface area contributed by atoms with Crippen molar-refractivity contribution in [2.24, 2.45) is 0 Å². The van der Waals surface area contributed by atoms with E-state index in [-0.39, 0.29) is 27.5 Å². The molecule has 2 N–H and O–H groups in total. The topological polar surface area (TPSA) is 84.5 Å². The van der Waals surface area contributed by atoms with Crippen molar-refractivity contribution < 1.29 is 17.9 Å². The fourth-order valence-electron chi connectivity index (χ4n) is 2.90. The van der Waals surface area contributed by atoms with Gasteiger partial charge in [0, 0.05) is 28.1 Å². The number of amides is 1. The van der Waals surface area contributed by atoms with Crippen molar-refractivity contribution in [1.29, 1.82) is 0 Å². The maximum Gasteiger partial charge on any atom is 0.251 e. The van der Waals surface area contributed by atoms with E-state index in [1.165, 1.54) is 25.3 Å². The van der Waals surface area contributed by atoms with Gasteiger partial charge in [0.15, 0.2) is 0 Å². The zero-order chi connectivity index (χ0) is 22.7. The predicted molar refractivity (Wildman–Crippen MR) is 120 cm³/mol. The maximum atomic E-state index is 12.8. The van der Waals surface area contributed by atoms with Crippen molar-refractivity contribution in [2.75, 3.05) is 13.7 Å². The Hall–Kier alpha value is -2.09. The van der Waals surface area contributed by atoms with Gasteiger partial charge in [0.1, 0.15) is 10.6 Å². The normalized spacial score (nSPS) is 12.5. The molecule has 164 valence electrons. The highest BCUT2D eigenvalue weighted by molar-refractivity contribution is 7.89. The number of rotatable bonds is 7. The lowest BCUT2D eigenvalue weighted by atomic mass is 9.84. The Balaban J connectivity index is 2.26. The van der Waals surface area contributed by atoms with Crippen molar-refractivity contribution in [3.63, 3.8) is 0 Å². The molecule has 0 heterocycles. The smallest absolute Gasteiger partial charge is 0.251 e. The Morgan fingerprint density at radius 2 is 1.73 bits per heavy atom. The quantitative estimate of drug-likeness (QED) is 0.661. The second kappa shape index (κ2) is 8.96. The lowest BCUT2D eigenvalue weighted by Crippen LogP contribution is -2.40. The maximum absolute atomic E-state index is 12.8. The van der Waals surface area contributed by atoms with E-state index in [4.69, 9.17) is 16.3 Å². The van der Waals surface area contributed by atoms with Crippen molar-refractivity contribution in [2.45, 2.75) is 50.5 Å². The molecule has 2 aromatic carbocycles. The Morgan fingerprint density at radius 1 is 1.07 bits per heavy atom. The molecule has 0 saturated heterocycles. The average molecular weight is 453 g/mol. The summed E-state index contributed by atoms with van der Waals surface area (Å²) < 4.78 is 33.4. The Morgan fingerprint density at radius 3 is 2.30 bits per heavy atom. The molecule has 0 radical (unpaired) electrons. The second-order valence-corrected chi connectivity index (χ2v) is 10.9. The van der Waals surface area contributed by atoms with Gasteiger partial charge in [-0.05, 0) is 56.7 Å². The summed E-state index contributed by atoms with van der Waals surface area (Å²) >= 11 is 6.08. The second-order valence-electron chi connectivity index (χ2n) is 8.80. The fourth-order valence-corrected chi connectivity index (χ4v) is 4.71. The Labute approximate surface area is 184 Å². The highest BCUT2D eigenvalue weighted by Crippen LogP contribution is 2.27. The number of hydrogen-bond donors (Lipinski definition) is 2. The molecule has 2 rings (SSSR count). The number of sulfonamides is 1. The summed E-state index contributed by atoms with van der Waals surface area (Å²) in [6.07, 6.45) is 0. The van der Waals surface area contributed by atoms with Crippen LogP contribution in [0, 0.1) is 0 Å². The van der Waals surface area contributed by atoms with Crippen molar-refractivity contribution in [3.8, 4) is 5.75 Å². The van der Waals surface area contributed by atoms with Crippen LogP contribution in [0.5, 0.6) is 5.75 Å². The van der Waals surface area contributed by atoms with Crippen LogP contribution >= 0.6 is 11.6 Å². The minimum atomic E-state index is -3.88. The van der Waals surface area contributed by atoms with Gasteiger partial charge < -0.3 is 10.1 Å². The molecule has 0 aliphatic rings. The predicted octanol–water partition coefficient (Wildman–Crippen LogP) is 4.13. The number of nitrogens with one attached hydrogen (secondary N) is 2. The van der Waals surface area contributed by atoms with E-state index in [9.17, 15) is 13.2 Å². The van der Waals surface area contributed by atoms with Crippen LogP contribution in [0.15, 0.2) is 47.4 Å². The number of carbonyl (C=O) groups is 1. The van der Waals surface area contributed by atoms with Crippen LogP contribution in [0.2, 0.25) is 5.02 Å². The van der Waals surface area contributed by atoms with Crippen LogP contribution in [-0.4, -0.2) is 33.5 Å². The molecule has 8 heteroatoms. The lowest BCUT2D eigenvalue weighted by Gasteiger charge is -2.26. The van der Waals surface area contributed by atoms with Crippen LogP contribution in [0.25, 0.3) is 0 Å². The molecule has 0 spiro atoms. The summed E-state index contributed by atoms with van der Waals surface area (Å²) in [4.78, 5) is 12.7. The van der Waals surface area contributed by atoms with Gasteiger partial charge in [0.25, 0.3) is 5.91 Å². The zero-order valence-corrected chi connectivity index (χ0v) is 19.7. The fraction of sp³-hybridized carbons (Fsp3) is 0.409. The summed E-state index contributed by atoms with van der Waals surface area (Å²) in [7, 11) is -2.49. The Bertz CT molecular complexity index is 1030. The van der Waals surface area contributed by atoms with Gasteiger partial charge in [0.05, 0.1) is 7.11 Å². The minimum absolute atomic E-state index is 0.0818. The van der Waals surface area contributed by atoms with Crippen LogP contribution in [0.3, 0.4) is 0 Å². The summed E-state index contributed by atoms with van der Waals surface area (Å²) in [5.41, 5.74) is 0.174. The van der Waals surface area contributed by atoms with Crippen molar-refractivity contribution in [1.82, 2.24) is 10.0 Å². The molecule has 0 unspecified atom stereocenters. The van der Waals surface area contributed by atoms with Gasteiger partial charge in [-0.1, -0.05) is 37.6 Å². The number of halogens is 1. The third kappa shape index (κ3) is 6.20. The van der Waals surface area contributed by atoms with Gasteiger partial charge in [-0.2, -0.15) is 0 Å². The van der Waals surface area contributed by atoms with Gasteiger partial charge in [-0.25, -0.2) is 13.1 Å². The molecule has 0 atom stereocenters. The molecule has 0 aliphatic carbocycles. The average Bonchev–Trinajstić information content (AvgIpc) is 2.63. The molecule has 0 aliphatic heterocycles. The third-order valence-electron chi connectivity index (χ3n) is 4.45. The highest BCUT2D eigenvalue weighted by Gasteiger charge is 2.27. The van der Waals surface area contributed by atoms with E-state index in [2.05, 4.69) is 10.0 Å². The largest absolute Gasteiger partial charge is 0.495 e. The molecule has 0 bridgehead atoms. The first kappa shape index (κ1) is 24.2. The van der Waals surface area contributed by atoms with Crippen LogP contribution in [0.4, 0.5) is 0 Å². The molecule has 0 aromatic heterocycles. The summed E-state index contributed by atoms with van der Waals surface area (Å²) in [6, 6.07) is 11.8. The zero-order valence-electron chi connectivity index (χ0n) is 18.2. The number of methoxy groups -OCH3 is 1. The molecule has 0 fully saturated rings. The SMILES string of the molecule is COc1ccc(C(=O)NCC(C)(C)c2cccc(Cl)c2)cc1S(=O)(=O)NC(C)(C)C. The lowest BCUT2D eigenvalue weighted by molar-refractivity contribution is 0.0945. The molecule has 0 saturated carbocycles. The van der Waals surface area contributed by atoms with E-state index in [0.717, 1.165) is 5.56 Å². The first-order valence-corrected chi connectivity index (χ1v) is 11.4. The van der Waals surface area contributed by atoms with Crippen molar-refractivity contribution in [3.05, 3.63) is 58.6 Å². The first-order valence-electron chi connectivity index (χ1n) is 9.51. The van der Waals surface area contributed by atoms with Crippen molar-refractivity contribution >= 4 is 27.5 Å². The monoisotopic (exact) mass is 452 g/mol. The van der Waals surface area contributed by atoms with Crippen LogP contribution in [-0.2, 0) is 15.4 Å². The van der Waals surface area contributed by atoms with Crippen LogP contribution in [0.1, 0.15) is 50.5 Å². The molecule has 6 nitrogen and oxygen atoms in total. The van der Waals surface area contributed by atoms with Crippen LogP contribution < -0.4 is 14.8 Å². The number of benzene rings is 2. The number of ether oxygens (including phenoxy) is 1. The molecule has 2 aromatic rings. The molecule has 30 heavy (non-hydrogen) atoms.